The van der Waals surface area contributed by atoms with Crippen LogP contribution in [0.15, 0.2) is 28.7 Å². The predicted octanol–water partition coefficient (Wildman–Crippen LogP) is 4.50. The summed E-state index contributed by atoms with van der Waals surface area (Å²) in [5, 5.41) is 4.16. The maximum Gasteiger partial charge on any atom is 0.0412 e. The van der Waals surface area contributed by atoms with Gasteiger partial charge in [-0.1, -0.05) is 46.6 Å². The first kappa shape index (κ1) is 13.8. The topological polar surface area (TPSA) is 12.0 Å². The van der Waals surface area contributed by atoms with Gasteiger partial charge in [-0.25, -0.2) is 0 Å². The third-order valence-corrected chi connectivity index (χ3v) is 3.20. The monoisotopic (exact) mass is 301 g/mol. The van der Waals surface area contributed by atoms with Gasteiger partial charge in [0.2, 0.25) is 0 Å². The van der Waals surface area contributed by atoms with Crippen molar-refractivity contribution >= 4 is 33.6 Å². The molecule has 1 aromatic carbocycles. The molecule has 0 aliphatic heterocycles. The summed E-state index contributed by atoms with van der Waals surface area (Å²) in [5.74, 6) is 0. The summed E-state index contributed by atoms with van der Waals surface area (Å²) in [6.45, 7) is 5.35. The maximum absolute atomic E-state index is 5.95. The number of rotatable bonds is 5. The van der Waals surface area contributed by atoms with E-state index < -0.39 is 0 Å². The number of hydrogen-bond donors (Lipinski definition) is 1. The fourth-order valence-corrected chi connectivity index (χ4v) is 1.89. The number of benzene rings is 1. The molecule has 1 nitrogen and oxygen atoms in total. The first-order valence-electron chi connectivity index (χ1n) is 5.50. The van der Waals surface area contributed by atoms with E-state index in [1.165, 1.54) is 0 Å². The Hall–Kier alpha value is -0.310. The fourth-order valence-electron chi connectivity index (χ4n) is 1.33. The molecule has 1 rings (SSSR count). The van der Waals surface area contributed by atoms with Crippen LogP contribution in [0.1, 0.15) is 25.8 Å². The Kier molecular flexibility index (Phi) is 6.10. The Morgan fingerprint density at radius 1 is 1.50 bits per heavy atom. The van der Waals surface area contributed by atoms with Crippen LogP contribution in [0.25, 0.3) is 6.08 Å². The Morgan fingerprint density at radius 3 is 2.94 bits per heavy atom. The molecule has 0 aliphatic carbocycles. The molecule has 1 N–H and O–H groups in total. The normalized spacial score (nSPS) is 13.2. The van der Waals surface area contributed by atoms with Crippen molar-refractivity contribution in [3.63, 3.8) is 0 Å². The average molecular weight is 303 g/mol. The van der Waals surface area contributed by atoms with Crippen molar-refractivity contribution in [2.24, 2.45) is 0 Å². The van der Waals surface area contributed by atoms with E-state index in [-0.39, 0.29) is 0 Å². The van der Waals surface area contributed by atoms with Gasteiger partial charge in [0.15, 0.2) is 0 Å². The molecule has 1 aromatic rings. The largest absolute Gasteiger partial charge is 0.311 e. The van der Waals surface area contributed by atoms with E-state index in [1.807, 2.05) is 18.2 Å². The lowest BCUT2D eigenvalue weighted by Gasteiger charge is -2.07. The van der Waals surface area contributed by atoms with Crippen LogP contribution in [-0.4, -0.2) is 12.6 Å². The van der Waals surface area contributed by atoms with Gasteiger partial charge < -0.3 is 5.32 Å². The molecule has 16 heavy (non-hydrogen) atoms. The van der Waals surface area contributed by atoms with Gasteiger partial charge in [0.1, 0.15) is 0 Å². The first-order chi connectivity index (χ1) is 7.63. The lowest BCUT2D eigenvalue weighted by molar-refractivity contribution is 0.625. The highest BCUT2D eigenvalue weighted by Gasteiger charge is 1.98. The van der Waals surface area contributed by atoms with Crippen molar-refractivity contribution < 1.29 is 0 Å². The van der Waals surface area contributed by atoms with Crippen LogP contribution in [0, 0.1) is 0 Å². The SMILES string of the molecule is CCCNC(C)/C=C/c1cc(Cl)ccc1Br. The van der Waals surface area contributed by atoms with Crippen molar-refractivity contribution in [2.75, 3.05) is 6.54 Å². The van der Waals surface area contributed by atoms with Crippen LogP contribution >= 0.6 is 27.5 Å². The van der Waals surface area contributed by atoms with Crippen LogP contribution < -0.4 is 5.32 Å². The highest BCUT2D eigenvalue weighted by atomic mass is 79.9. The van der Waals surface area contributed by atoms with Crippen molar-refractivity contribution in [3.05, 3.63) is 39.3 Å². The van der Waals surface area contributed by atoms with Gasteiger partial charge in [-0.3, -0.25) is 0 Å². The molecule has 0 radical (unpaired) electrons. The number of nitrogens with one attached hydrogen (secondary N) is 1. The molecule has 0 heterocycles. The summed E-state index contributed by atoms with van der Waals surface area (Å²) in [5.41, 5.74) is 1.11. The molecule has 0 saturated heterocycles. The Balaban J connectivity index is 2.64. The van der Waals surface area contributed by atoms with Gasteiger partial charge in [-0.15, -0.1) is 0 Å². The zero-order valence-electron chi connectivity index (χ0n) is 9.63. The van der Waals surface area contributed by atoms with E-state index >= 15 is 0 Å². The molecule has 0 amide bonds. The Labute approximate surface area is 111 Å². The zero-order chi connectivity index (χ0) is 12.0. The molecule has 0 saturated carbocycles. The van der Waals surface area contributed by atoms with Crippen LogP contribution in [-0.2, 0) is 0 Å². The van der Waals surface area contributed by atoms with Crippen LogP contribution in [0.3, 0.4) is 0 Å². The minimum Gasteiger partial charge on any atom is -0.311 e. The van der Waals surface area contributed by atoms with Crippen LogP contribution in [0.5, 0.6) is 0 Å². The Bertz CT molecular complexity index is 363. The first-order valence-corrected chi connectivity index (χ1v) is 6.67. The van der Waals surface area contributed by atoms with Crippen LogP contribution in [0.2, 0.25) is 5.02 Å². The minimum atomic E-state index is 0.380. The van der Waals surface area contributed by atoms with Gasteiger partial charge in [-0.05, 0) is 43.7 Å². The molecule has 0 aliphatic rings. The Morgan fingerprint density at radius 2 is 2.25 bits per heavy atom. The third-order valence-electron chi connectivity index (χ3n) is 2.24. The summed E-state index contributed by atoms with van der Waals surface area (Å²) in [4.78, 5) is 0. The highest BCUT2D eigenvalue weighted by molar-refractivity contribution is 9.10. The molecule has 1 atom stereocenters. The van der Waals surface area contributed by atoms with E-state index in [1.54, 1.807) is 0 Å². The van der Waals surface area contributed by atoms with Crippen LogP contribution in [0.4, 0.5) is 0 Å². The zero-order valence-corrected chi connectivity index (χ0v) is 12.0. The van der Waals surface area contributed by atoms with Crippen molar-refractivity contribution in [1.29, 1.82) is 0 Å². The molecule has 88 valence electrons. The predicted molar refractivity (Wildman–Crippen MR) is 75.9 cm³/mol. The summed E-state index contributed by atoms with van der Waals surface area (Å²) in [7, 11) is 0. The molecule has 0 spiro atoms. The average Bonchev–Trinajstić information content (AvgIpc) is 2.27. The summed E-state index contributed by atoms with van der Waals surface area (Å²) in [6.07, 6.45) is 5.38. The second kappa shape index (κ2) is 7.10. The van der Waals surface area contributed by atoms with E-state index in [0.717, 1.165) is 28.0 Å². The van der Waals surface area contributed by atoms with E-state index in [9.17, 15) is 0 Å². The van der Waals surface area contributed by atoms with Gasteiger partial charge in [0, 0.05) is 15.5 Å². The third kappa shape index (κ3) is 4.69. The van der Waals surface area contributed by atoms with Gasteiger partial charge in [0.05, 0.1) is 0 Å². The fraction of sp³-hybridized carbons (Fsp3) is 0.385. The molecule has 3 heteroatoms. The van der Waals surface area contributed by atoms with Crippen molar-refractivity contribution in [1.82, 2.24) is 5.32 Å². The molecule has 0 fully saturated rings. The van der Waals surface area contributed by atoms with Crippen molar-refractivity contribution in [2.45, 2.75) is 26.3 Å². The summed E-state index contributed by atoms with van der Waals surface area (Å²) in [6, 6.07) is 6.17. The quantitative estimate of drug-likeness (QED) is 0.844. The standard InChI is InChI=1S/C13H17BrClN/c1-3-8-16-10(2)4-5-11-9-12(15)6-7-13(11)14/h4-7,9-10,16H,3,8H2,1-2H3/b5-4+. The molecular formula is C13H17BrClN. The highest BCUT2D eigenvalue weighted by Crippen LogP contribution is 2.22. The lowest BCUT2D eigenvalue weighted by Crippen LogP contribution is -2.24. The second-order valence-electron chi connectivity index (χ2n) is 3.77. The van der Waals surface area contributed by atoms with Gasteiger partial charge in [0.25, 0.3) is 0 Å². The number of halogens is 2. The van der Waals surface area contributed by atoms with E-state index in [4.69, 9.17) is 11.6 Å². The van der Waals surface area contributed by atoms with Gasteiger partial charge in [-0.2, -0.15) is 0 Å². The molecule has 0 bridgehead atoms. The van der Waals surface area contributed by atoms with E-state index in [0.29, 0.717) is 6.04 Å². The molecule has 1 unspecified atom stereocenters. The summed E-state index contributed by atoms with van der Waals surface area (Å²) >= 11 is 9.45. The molecular weight excluding hydrogens is 286 g/mol. The summed E-state index contributed by atoms with van der Waals surface area (Å²) < 4.78 is 1.07. The smallest absolute Gasteiger partial charge is 0.0412 e. The van der Waals surface area contributed by atoms with Crippen molar-refractivity contribution in [3.8, 4) is 0 Å². The molecule has 0 aromatic heterocycles. The van der Waals surface area contributed by atoms with Gasteiger partial charge >= 0.3 is 0 Å². The lowest BCUT2D eigenvalue weighted by atomic mass is 10.2. The minimum absolute atomic E-state index is 0.380. The maximum atomic E-state index is 5.95. The second-order valence-corrected chi connectivity index (χ2v) is 5.06. The number of hydrogen-bond acceptors (Lipinski definition) is 1. The van der Waals surface area contributed by atoms with E-state index in [2.05, 4.69) is 47.2 Å².